The summed E-state index contributed by atoms with van der Waals surface area (Å²) >= 11 is 1.48. The van der Waals surface area contributed by atoms with Crippen molar-refractivity contribution in [3.8, 4) is 0 Å². The first-order valence-corrected chi connectivity index (χ1v) is 6.17. The number of piperidine rings is 1. The van der Waals surface area contributed by atoms with E-state index in [1.165, 1.54) is 11.3 Å². The third-order valence-corrected chi connectivity index (χ3v) is 3.66. The van der Waals surface area contributed by atoms with Crippen LogP contribution in [0.5, 0.6) is 0 Å². The fourth-order valence-corrected chi connectivity index (χ4v) is 2.55. The zero-order valence-corrected chi connectivity index (χ0v) is 9.68. The fraction of sp³-hybridized carbons (Fsp3) is 0.700. The maximum atomic E-state index is 10.2. The Kier molecular flexibility index (Phi) is 3.35. The molecule has 0 bridgehead atoms. The number of hydrogen-bond donors (Lipinski definition) is 3. The van der Waals surface area contributed by atoms with Crippen LogP contribution in [-0.2, 0) is 5.72 Å². The van der Waals surface area contributed by atoms with E-state index in [1.807, 2.05) is 5.38 Å². The molecule has 1 aliphatic heterocycles. The minimum atomic E-state index is -0.990. The Bertz CT molecular complexity index is 294. The molecular weight excluding hydrogens is 210 g/mol. The van der Waals surface area contributed by atoms with Crippen molar-refractivity contribution in [2.24, 2.45) is 0 Å². The van der Waals surface area contributed by atoms with E-state index in [4.69, 9.17) is 0 Å². The van der Waals surface area contributed by atoms with Crippen LogP contribution < -0.4 is 10.6 Å². The van der Waals surface area contributed by atoms with Gasteiger partial charge in [-0.05, 0) is 32.9 Å². The van der Waals surface area contributed by atoms with Crippen molar-refractivity contribution in [3.63, 3.8) is 0 Å². The van der Waals surface area contributed by atoms with Crippen LogP contribution in [0.25, 0.3) is 0 Å². The highest BCUT2D eigenvalue weighted by Gasteiger charge is 2.29. The largest absolute Gasteiger partial charge is 0.369 e. The van der Waals surface area contributed by atoms with Crippen LogP contribution in [-0.4, -0.2) is 29.2 Å². The third kappa shape index (κ3) is 2.75. The average molecular weight is 227 g/mol. The van der Waals surface area contributed by atoms with E-state index in [9.17, 15) is 5.11 Å². The van der Waals surface area contributed by atoms with Gasteiger partial charge in [-0.25, -0.2) is 4.98 Å². The van der Waals surface area contributed by atoms with Crippen LogP contribution in [0.1, 0.15) is 24.8 Å². The van der Waals surface area contributed by atoms with Crippen molar-refractivity contribution < 1.29 is 5.11 Å². The van der Waals surface area contributed by atoms with E-state index in [0.717, 1.165) is 30.9 Å². The van der Waals surface area contributed by atoms with Gasteiger partial charge in [-0.2, -0.15) is 0 Å². The standard InChI is InChI=1S/C10H17N3OS/c1-10(14,9-12-6-7-15-9)13-8-2-4-11-5-3-8/h6-8,11,13-14H,2-5H2,1H3. The van der Waals surface area contributed by atoms with Gasteiger partial charge in [0.25, 0.3) is 0 Å². The summed E-state index contributed by atoms with van der Waals surface area (Å²) in [5, 5.41) is 19.4. The normalized spacial score (nSPS) is 22.5. The number of nitrogens with one attached hydrogen (secondary N) is 2. The van der Waals surface area contributed by atoms with Gasteiger partial charge < -0.3 is 10.4 Å². The molecule has 0 radical (unpaired) electrons. The first-order valence-electron chi connectivity index (χ1n) is 5.29. The number of rotatable bonds is 3. The highest BCUT2D eigenvalue weighted by Crippen LogP contribution is 2.21. The van der Waals surface area contributed by atoms with Crippen LogP contribution in [0.2, 0.25) is 0 Å². The smallest absolute Gasteiger partial charge is 0.166 e. The Morgan fingerprint density at radius 2 is 2.33 bits per heavy atom. The van der Waals surface area contributed by atoms with Crippen LogP contribution in [0.3, 0.4) is 0 Å². The van der Waals surface area contributed by atoms with Crippen molar-refractivity contribution in [3.05, 3.63) is 16.6 Å². The molecule has 0 spiro atoms. The van der Waals surface area contributed by atoms with Gasteiger partial charge in [0, 0.05) is 17.6 Å². The fourth-order valence-electron chi connectivity index (χ4n) is 1.89. The lowest BCUT2D eigenvalue weighted by atomic mass is 10.1. The van der Waals surface area contributed by atoms with E-state index in [1.54, 1.807) is 13.1 Å². The van der Waals surface area contributed by atoms with Crippen molar-refractivity contribution in [1.29, 1.82) is 0 Å². The molecule has 2 heterocycles. The topological polar surface area (TPSA) is 57.2 Å². The number of thiazole rings is 1. The predicted molar refractivity (Wildman–Crippen MR) is 60.7 cm³/mol. The highest BCUT2D eigenvalue weighted by atomic mass is 32.1. The zero-order valence-electron chi connectivity index (χ0n) is 8.86. The Balaban J connectivity index is 1.97. The van der Waals surface area contributed by atoms with E-state index >= 15 is 0 Å². The Morgan fingerprint density at radius 3 is 2.93 bits per heavy atom. The second kappa shape index (κ2) is 4.57. The average Bonchev–Trinajstić information content (AvgIpc) is 2.71. The number of hydrogen-bond acceptors (Lipinski definition) is 5. The molecule has 0 saturated carbocycles. The van der Waals surface area contributed by atoms with Gasteiger partial charge >= 0.3 is 0 Å². The summed E-state index contributed by atoms with van der Waals surface area (Å²) in [4.78, 5) is 4.14. The van der Waals surface area contributed by atoms with Crippen LogP contribution in [0, 0.1) is 0 Å². The lowest BCUT2D eigenvalue weighted by Gasteiger charge is -2.31. The maximum absolute atomic E-state index is 10.2. The van der Waals surface area contributed by atoms with Gasteiger partial charge in [-0.1, -0.05) is 0 Å². The Morgan fingerprint density at radius 1 is 1.60 bits per heavy atom. The molecule has 1 fully saturated rings. The summed E-state index contributed by atoms with van der Waals surface area (Å²) in [6.07, 6.45) is 3.83. The summed E-state index contributed by atoms with van der Waals surface area (Å²) in [7, 11) is 0. The monoisotopic (exact) mass is 227 g/mol. The third-order valence-electron chi connectivity index (χ3n) is 2.67. The molecule has 0 amide bonds. The van der Waals surface area contributed by atoms with E-state index in [0.29, 0.717) is 6.04 Å². The van der Waals surface area contributed by atoms with Crippen molar-refractivity contribution >= 4 is 11.3 Å². The molecule has 2 rings (SSSR count). The van der Waals surface area contributed by atoms with Gasteiger partial charge in [0.15, 0.2) is 5.72 Å². The molecule has 1 aromatic heterocycles. The van der Waals surface area contributed by atoms with Crippen molar-refractivity contribution in [2.75, 3.05) is 13.1 Å². The van der Waals surface area contributed by atoms with E-state index in [-0.39, 0.29) is 0 Å². The summed E-state index contributed by atoms with van der Waals surface area (Å²) in [6.45, 7) is 3.81. The lowest BCUT2D eigenvalue weighted by Crippen LogP contribution is -2.49. The first-order chi connectivity index (χ1) is 7.18. The minimum absolute atomic E-state index is 0.380. The summed E-state index contributed by atoms with van der Waals surface area (Å²) in [5.74, 6) is 0. The number of nitrogens with zero attached hydrogens (tertiary/aromatic N) is 1. The van der Waals surface area contributed by atoms with E-state index < -0.39 is 5.72 Å². The molecule has 1 unspecified atom stereocenters. The number of aliphatic hydroxyl groups is 1. The van der Waals surface area contributed by atoms with Gasteiger partial charge in [-0.3, -0.25) is 5.32 Å². The molecule has 1 saturated heterocycles. The second-order valence-corrected chi connectivity index (χ2v) is 4.97. The zero-order chi connectivity index (χ0) is 10.7. The molecule has 84 valence electrons. The quantitative estimate of drug-likeness (QED) is 0.664. The molecule has 3 N–H and O–H groups in total. The molecule has 0 aromatic carbocycles. The summed E-state index contributed by atoms with van der Waals surface area (Å²) in [5.41, 5.74) is -0.990. The van der Waals surface area contributed by atoms with Crippen molar-refractivity contribution in [2.45, 2.75) is 31.5 Å². The maximum Gasteiger partial charge on any atom is 0.166 e. The first kappa shape index (κ1) is 11.0. The highest BCUT2D eigenvalue weighted by molar-refractivity contribution is 7.09. The van der Waals surface area contributed by atoms with Gasteiger partial charge in [0.1, 0.15) is 5.01 Å². The molecule has 15 heavy (non-hydrogen) atoms. The molecule has 0 aliphatic carbocycles. The van der Waals surface area contributed by atoms with E-state index in [2.05, 4.69) is 15.6 Å². The second-order valence-electron chi connectivity index (χ2n) is 4.08. The van der Waals surface area contributed by atoms with Crippen LogP contribution in [0.15, 0.2) is 11.6 Å². The number of aromatic nitrogens is 1. The van der Waals surface area contributed by atoms with Gasteiger partial charge in [0.2, 0.25) is 0 Å². The molecule has 4 nitrogen and oxygen atoms in total. The minimum Gasteiger partial charge on any atom is -0.369 e. The molecule has 5 heteroatoms. The lowest BCUT2D eigenvalue weighted by molar-refractivity contribution is 0.00361. The molecule has 1 aliphatic rings. The van der Waals surface area contributed by atoms with Crippen LogP contribution >= 0.6 is 11.3 Å². The SMILES string of the molecule is CC(O)(NC1CCNCC1)c1nccs1. The predicted octanol–water partition coefficient (Wildman–Crippen LogP) is 0.650. The molecular formula is C10H17N3OS. The Labute approximate surface area is 93.7 Å². The Hall–Kier alpha value is -0.490. The van der Waals surface area contributed by atoms with Crippen LogP contribution in [0.4, 0.5) is 0 Å². The summed E-state index contributed by atoms with van der Waals surface area (Å²) in [6, 6.07) is 0.380. The summed E-state index contributed by atoms with van der Waals surface area (Å²) < 4.78 is 0. The molecule has 1 atom stereocenters. The van der Waals surface area contributed by atoms with Gasteiger partial charge in [0.05, 0.1) is 0 Å². The van der Waals surface area contributed by atoms with Gasteiger partial charge in [-0.15, -0.1) is 11.3 Å². The van der Waals surface area contributed by atoms with Crippen molar-refractivity contribution in [1.82, 2.24) is 15.6 Å². The molecule has 1 aromatic rings.